The number of methoxy groups -OCH3 is 1. The van der Waals surface area contributed by atoms with Crippen molar-refractivity contribution >= 4 is 15.9 Å². The maximum absolute atomic E-state index is 9.07. The molecule has 3 nitrogen and oxygen atoms in total. The fourth-order valence-electron chi connectivity index (χ4n) is 1.98. The fraction of sp³-hybridized carbons (Fsp3) is 0.533. The molecule has 19 heavy (non-hydrogen) atoms. The molecule has 0 aliphatic carbocycles. The molecule has 0 aromatic heterocycles. The van der Waals surface area contributed by atoms with Gasteiger partial charge in [0.25, 0.3) is 0 Å². The van der Waals surface area contributed by atoms with Crippen molar-refractivity contribution < 1.29 is 4.74 Å². The lowest BCUT2D eigenvalue weighted by atomic mass is 9.98. The van der Waals surface area contributed by atoms with Crippen LogP contribution in [0, 0.1) is 32.1 Å². The molecule has 0 aliphatic rings. The second kappa shape index (κ2) is 5.94. The summed E-state index contributed by atoms with van der Waals surface area (Å²) in [4.78, 5) is 0. The maximum Gasteiger partial charge on any atom is 0.126 e. The summed E-state index contributed by atoms with van der Waals surface area (Å²) in [6, 6.07) is 2.25. The minimum atomic E-state index is -0.553. The van der Waals surface area contributed by atoms with Crippen molar-refractivity contribution in [2.75, 3.05) is 7.11 Å². The fourth-order valence-corrected chi connectivity index (χ4v) is 2.52. The van der Waals surface area contributed by atoms with Gasteiger partial charge >= 0.3 is 0 Å². The number of hydrogen-bond donors (Lipinski definition) is 1. The van der Waals surface area contributed by atoms with Gasteiger partial charge in [0.1, 0.15) is 11.3 Å². The highest BCUT2D eigenvalue weighted by Crippen LogP contribution is 2.36. The molecule has 0 unspecified atom stereocenters. The van der Waals surface area contributed by atoms with Gasteiger partial charge in [0.15, 0.2) is 0 Å². The van der Waals surface area contributed by atoms with E-state index in [4.69, 9.17) is 10.00 Å². The zero-order valence-electron chi connectivity index (χ0n) is 12.4. The Morgan fingerprint density at radius 2 is 1.79 bits per heavy atom. The zero-order chi connectivity index (χ0) is 14.8. The molecule has 0 spiro atoms. The Bertz CT molecular complexity index is 530. The summed E-state index contributed by atoms with van der Waals surface area (Å²) in [5.74, 6) is 0.902. The first-order valence-corrected chi connectivity index (χ1v) is 7.03. The van der Waals surface area contributed by atoms with Crippen LogP contribution in [-0.2, 0) is 6.54 Å². The number of benzene rings is 1. The van der Waals surface area contributed by atoms with E-state index in [1.54, 1.807) is 7.11 Å². The topological polar surface area (TPSA) is 45.0 Å². The Kier molecular flexibility index (Phi) is 5.00. The SMILES string of the molecule is COc1c(C)c(C)c(Br)c(C)c1CNC(C)(C)C#N. The van der Waals surface area contributed by atoms with Crippen LogP contribution < -0.4 is 10.1 Å². The van der Waals surface area contributed by atoms with Gasteiger partial charge < -0.3 is 4.74 Å². The third-order valence-corrected chi connectivity index (χ3v) is 4.67. The monoisotopic (exact) mass is 324 g/mol. The van der Waals surface area contributed by atoms with Crippen LogP contribution in [0.1, 0.15) is 36.1 Å². The number of ether oxygens (including phenoxy) is 1. The molecule has 4 heteroatoms. The van der Waals surface area contributed by atoms with Crippen molar-refractivity contribution in [3.05, 3.63) is 26.7 Å². The minimum absolute atomic E-state index is 0.553. The van der Waals surface area contributed by atoms with Crippen LogP contribution in [0.25, 0.3) is 0 Å². The van der Waals surface area contributed by atoms with Gasteiger partial charge in [-0.25, -0.2) is 0 Å². The highest BCUT2D eigenvalue weighted by Gasteiger charge is 2.20. The van der Waals surface area contributed by atoms with Crippen molar-refractivity contribution in [3.63, 3.8) is 0 Å². The molecule has 0 aliphatic heterocycles. The molecule has 0 saturated carbocycles. The normalized spacial score (nSPS) is 11.3. The van der Waals surface area contributed by atoms with Gasteiger partial charge in [-0.15, -0.1) is 0 Å². The number of hydrogen-bond acceptors (Lipinski definition) is 3. The molecule has 1 rings (SSSR count). The van der Waals surface area contributed by atoms with Gasteiger partial charge in [0, 0.05) is 16.6 Å². The molecular weight excluding hydrogens is 304 g/mol. The van der Waals surface area contributed by atoms with E-state index in [0.717, 1.165) is 26.9 Å². The molecule has 0 bridgehead atoms. The molecule has 0 amide bonds. The van der Waals surface area contributed by atoms with E-state index in [-0.39, 0.29) is 0 Å². The molecular formula is C15H21BrN2O. The van der Waals surface area contributed by atoms with Crippen molar-refractivity contribution in [1.82, 2.24) is 5.32 Å². The summed E-state index contributed by atoms with van der Waals surface area (Å²) in [7, 11) is 1.69. The van der Waals surface area contributed by atoms with Crippen LogP contribution in [0.2, 0.25) is 0 Å². The number of nitriles is 1. The number of nitrogens with one attached hydrogen (secondary N) is 1. The zero-order valence-corrected chi connectivity index (χ0v) is 14.0. The Morgan fingerprint density at radius 3 is 2.26 bits per heavy atom. The van der Waals surface area contributed by atoms with E-state index in [1.807, 2.05) is 13.8 Å². The standard InChI is InChI=1S/C15H21BrN2O/c1-9-10(2)14(19-6)12(11(3)13(9)16)7-18-15(4,5)8-17/h18H,7H2,1-6H3. The van der Waals surface area contributed by atoms with Crippen molar-refractivity contribution in [2.45, 2.75) is 46.7 Å². The highest BCUT2D eigenvalue weighted by molar-refractivity contribution is 9.10. The Labute approximate surface area is 124 Å². The van der Waals surface area contributed by atoms with Gasteiger partial charge in [-0.1, -0.05) is 15.9 Å². The molecule has 0 saturated heterocycles. The summed E-state index contributed by atoms with van der Waals surface area (Å²) >= 11 is 3.63. The first-order chi connectivity index (χ1) is 8.75. The summed E-state index contributed by atoms with van der Waals surface area (Å²) in [6.45, 7) is 10.5. The van der Waals surface area contributed by atoms with Gasteiger partial charge in [-0.05, 0) is 51.3 Å². The smallest absolute Gasteiger partial charge is 0.126 e. The molecule has 1 N–H and O–H groups in total. The third kappa shape index (κ3) is 3.29. The van der Waals surface area contributed by atoms with E-state index in [0.29, 0.717) is 6.54 Å². The second-order valence-electron chi connectivity index (χ2n) is 5.29. The van der Waals surface area contributed by atoms with E-state index >= 15 is 0 Å². The summed E-state index contributed by atoms with van der Waals surface area (Å²) < 4.78 is 6.66. The van der Waals surface area contributed by atoms with E-state index < -0.39 is 5.54 Å². The van der Waals surface area contributed by atoms with Crippen LogP contribution >= 0.6 is 15.9 Å². The quantitative estimate of drug-likeness (QED) is 0.916. The first kappa shape index (κ1) is 16.0. The lowest BCUT2D eigenvalue weighted by Gasteiger charge is -2.22. The van der Waals surface area contributed by atoms with Crippen LogP contribution in [-0.4, -0.2) is 12.6 Å². The highest BCUT2D eigenvalue weighted by atomic mass is 79.9. The summed E-state index contributed by atoms with van der Waals surface area (Å²) in [5, 5.41) is 12.3. The predicted octanol–water partition coefficient (Wildman–Crippen LogP) is 3.77. The second-order valence-corrected chi connectivity index (χ2v) is 6.08. The predicted molar refractivity (Wildman–Crippen MR) is 81.4 cm³/mol. The number of halogens is 1. The van der Waals surface area contributed by atoms with Gasteiger partial charge in [-0.3, -0.25) is 5.32 Å². The van der Waals surface area contributed by atoms with E-state index in [2.05, 4.69) is 48.1 Å². The summed E-state index contributed by atoms with van der Waals surface area (Å²) in [5.41, 5.74) is 4.02. The lowest BCUT2D eigenvalue weighted by Crippen LogP contribution is -2.37. The Balaban J connectivity index is 3.24. The molecule has 0 atom stereocenters. The van der Waals surface area contributed by atoms with Gasteiger partial charge in [0.05, 0.1) is 13.2 Å². The molecule has 0 heterocycles. The third-order valence-electron chi connectivity index (χ3n) is 3.48. The van der Waals surface area contributed by atoms with Crippen LogP contribution in [0.4, 0.5) is 0 Å². The molecule has 0 fully saturated rings. The minimum Gasteiger partial charge on any atom is -0.496 e. The maximum atomic E-state index is 9.07. The average molecular weight is 325 g/mol. The van der Waals surface area contributed by atoms with Crippen LogP contribution in [0.3, 0.4) is 0 Å². The average Bonchev–Trinajstić information content (AvgIpc) is 2.39. The number of nitrogens with zero attached hydrogens (tertiary/aromatic N) is 1. The molecule has 104 valence electrons. The van der Waals surface area contributed by atoms with Crippen molar-refractivity contribution in [3.8, 4) is 11.8 Å². The largest absolute Gasteiger partial charge is 0.496 e. The molecule has 1 aromatic carbocycles. The van der Waals surface area contributed by atoms with Crippen molar-refractivity contribution in [1.29, 1.82) is 5.26 Å². The Morgan fingerprint density at radius 1 is 1.21 bits per heavy atom. The number of rotatable bonds is 4. The lowest BCUT2D eigenvalue weighted by molar-refractivity contribution is 0.398. The van der Waals surface area contributed by atoms with Gasteiger partial charge in [0.2, 0.25) is 0 Å². The van der Waals surface area contributed by atoms with Crippen LogP contribution in [0.15, 0.2) is 4.47 Å². The molecule has 1 aromatic rings. The van der Waals surface area contributed by atoms with E-state index in [1.165, 1.54) is 5.56 Å². The van der Waals surface area contributed by atoms with E-state index in [9.17, 15) is 0 Å². The Hall–Kier alpha value is -1.05. The van der Waals surface area contributed by atoms with Gasteiger partial charge in [-0.2, -0.15) is 5.26 Å². The van der Waals surface area contributed by atoms with Crippen LogP contribution in [0.5, 0.6) is 5.75 Å². The molecule has 0 radical (unpaired) electrons. The first-order valence-electron chi connectivity index (χ1n) is 6.23. The summed E-state index contributed by atoms with van der Waals surface area (Å²) in [6.07, 6.45) is 0. The van der Waals surface area contributed by atoms with Crippen molar-refractivity contribution in [2.24, 2.45) is 0 Å².